The lowest BCUT2D eigenvalue weighted by Gasteiger charge is -2.36. The number of aliphatic hydroxyl groups excluding tert-OH is 1. The molecule has 0 aliphatic heterocycles. The van der Waals surface area contributed by atoms with Crippen molar-refractivity contribution in [3.8, 4) is 0 Å². The van der Waals surface area contributed by atoms with E-state index in [0.717, 1.165) is 0 Å². The summed E-state index contributed by atoms with van der Waals surface area (Å²) in [5, 5.41) is 18.1. The van der Waals surface area contributed by atoms with Gasteiger partial charge in [-0.3, -0.25) is 0 Å². The Kier molecular flexibility index (Phi) is 5.62. The molecule has 0 radical (unpaired) electrons. The zero-order valence-corrected chi connectivity index (χ0v) is 11.8. The predicted molar refractivity (Wildman–Crippen MR) is 66.4 cm³/mol. The average Bonchev–Trinajstić information content (AvgIpc) is 2.09. The highest BCUT2D eigenvalue weighted by Crippen LogP contribution is 2.40. The summed E-state index contributed by atoms with van der Waals surface area (Å²) in [4.78, 5) is 15.6. The molecule has 4 heteroatoms. The van der Waals surface area contributed by atoms with Gasteiger partial charge in [0.2, 0.25) is 0 Å². The minimum atomic E-state index is -0.620. The molecule has 0 aromatic rings. The van der Waals surface area contributed by atoms with Gasteiger partial charge in [0.1, 0.15) is 0 Å². The highest BCUT2D eigenvalue weighted by atomic mass is 17.1. The zero-order valence-electron chi connectivity index (χ0n) is 11.8. The maximum Gasteiger partial charge on any atom is 0.345 e. The standard InChI is InChI=1S/C13H26O4/c1-9(14)7-13(5,6)10(11(15)17-16)8-12(2,3)4/h9-10,14,16H,7-8H2,1-6H3. The second-order valence-electron chi connectivity index (χ2n) is 6.77. The summed E-state index contributed by atoms with van der Waals surface area (Å²) in [5.41, 5.74) is -0.462. The normalized spacial score (nSPS) is 16.5. The van der Waals surface area contributed by atoms with Crippen molar-refractivity contribution in [3.05, 3.63) is 0 Å². The number of aliphatic hydroxyl groups is 1. The highest BCUT2D eigenvalue weighted by Gasteiger charge is 2.39. The van der Waals surface area contributed by atoms with Gasteiger partial charge >= 0.3 is 5.97 Å². The van der Waals surface area contributed by atoms with Crippen LogP contribution in [-0.2, 0) is 9.68 Å². The quantitative estimate of drug-likeness (QED) is 0.578. The summed E-state index contributed by atoms with van der Waals surface area (Å²) in [7, 11) is 0. The molecular formula is C13H26O4. The predicted octanol–water partition coefficient (Wildman–Crippen LogP) is 2.85. The Hall–Kier alpha value is -0.610. The first-order valence-corrected chi connectivity index (χ1v) is 6.03. The Morgan fingerprint density at radius 3 is 1.94 bits per heavy atom. The van der Waals surface area contributed by atoms with E-state index in [1.165, 1.54) is 0 Å². The Bertz CT molecular complexity index is 251. The lowest BCUT2D eigenvalue weighted by molar-refractivity contribution is -0.244. The summed E-state index contributed by atoms with van der Waals surface area (Å²) in [6.07, 6.45) is 0.605. The van der Waals surface area contributed by atoms with Crippen LogP contribution in [0.5, 0.6) is 0 Å². The van der Waals surface area contributed by atoms with Crippen LogP contribution >= 0.6 is 0 Å². The molecule has 0 saturated heterocycles. The van der Waals surface area contributed by atoms with Crippen LogP contribution in [0, 0.1) is 16.7 Å². The molecule has 0 rings (SSSR count). The number of hydrogen-bond donors (Lipinski definition) is 2. The third-order valence-electron chi connectivity index (χ3n) is 2.96. The van der Waals surface area contributed by atoms with Crippen molar-refractivity contribution in [1.82, 2.24) is 0 Å². The van der Waals surface area contributed by atoms with Gasteiger partial charge in [-0.05, 0) is 30.6 Å². The fourth-order valence-electron chi connectivity index (χ4n) is 2.26. The lowest BCUT2D eigenvalue weighted by atomic mass is 9.69. The molecule has 2 N–H and O–H groups in total. The molecule has 0 aliphatic rings. The highest BCUT2D eigenvalue weighted by molar-refractivity contribution is 5.72. The van der Waals surface area contributed by atoms with Gasteiger partial charge in [0, 0.05) is 0 Å². The van der Waals surface area contributed by atoms with E-state index in [0.29, 0.717) is 12.8 Å². The van der Waals surface area contributed by atoms with E-state index in [1.807, 2.05) is 34.6 Å². The van der Waals surface area contributed by atoms with Crippen LogP contribution in [0.25, 0.3) is 0 Å². The van der Waals surface area contributed by atoms with Gasteiger partial charge in [-0.25, -0.2) is 4.79 Å². The summed E-state index contributed by atoms with van der Waals surface area (Å²) in [6.45, 7) is 11.6. The van der Waals surface area contributed by atoms with Crippen LogP contribution in [0.3, 0.4) is 0 Å². The second-order valence-corrected chi connectivity index (χ2v) is 6.77. The molecule has 0 bridgehead atoms. The molecule has 0 spiro atoms. The number of carbonyl (C=O) groups is 1. The topological polar surface area (TPSA) is 66.8 Å². The molecule has 0 amide bonds. The molecule has 0 saturated carbocycles. The maximum absolute atomic E-state index is 11.7. The molecule has 0 aromatic carbocycles. The minimum absolute atomic E-state index is 0.0468. The molecule has 2 atom stereocenters. The average molecular weight is 246 g/mol. The second kappa shape index (κ2) is 5.83. The van der Waals surface area contributed by atoms with Crippen molar-refractivity contribution in [2.24, 2.45) is 16.7 Å². The largest absolute Gasteiger partial charge is 0.393 e. The zero-order chi connectivity index (χ0) is 13.9. The van der Waals surface area contributed by atoms with Crippen molar-refractivity contribution in [2.45, 2.75) is 60.5 Å². The van der Waals surface area contributed by atoms with E-state index in [2.05, 4.69) is 4.89 Å². The molecule has 0 aliphatic carbocycles. The van der Waals surface area contributed by atoms with E-state index < -0.39 is 23.4 Å². The van der Waals surface area contributed by atoms with Crippen molar-refractivity contribution >= 4 is 5.97 Å². The first-order chi connectivity index (χ1) is 7.49. The fraction of sp³-hybridized carbons (Fsp3) is 0.923. The summed E-state index contributed by atoms with van der Waals surface area (Å²) in [6, 6.07) is 0. The molecule has 102 valence electrons. The molecule has 0 aromatic heterocycles. The van der Waals surface area contributed by atoms with Gasteiger partial charge in [-0.15, -0.1) is 0 Å². The molecule has 17 heavy (non-hydrogen) atoms. The van der Waals surface area contributed by atoms with Crippen molar-refractivity contribution < 1.29 is 20.0 Å². The Morgan fingerprint density at radius 2 is 1.65 bits per heavy atom. The van der Waals surface area contributed by atoms with Crippen LogP contribution in [-0.4, -0.2) is 22.4 Å². The monoisotopic (exact) mass is 246 g/mol. The summed E-state index contributed by atoms with van der Waals surface area (Å²) >= 11 is 0. The van der Waals surface area contributed by atoms with Gasteiger partial charge in [0.15, 0.2) is 0 Å². The molecule has 0 fully saturated rings. The summed E-state index contributed by atoms with van der Waals surface area (Å²) in [5.74, 6) is -1.05. The lowest BCUT2D eigenvalue weighted by Crippen LogP contribution is -2.37. The van der Waals surface area contributed by atoms with E-state index in [4.69, 9.17) is 5.26 Å². The summed E-state index contributed by atoms with van der Waals surface area (Å²) < 4.78 is 0. The van der Waals surface area contributed by atoms with E-state index >= 15 is 0 Å². The Balaban J connectivity index is 4.97. The van der Waals surface area contributed by atoms with Crippen molar-refractivity contribution in [2.75, 3.05) is 0 Å². The van der Waals surface area contributed by atoms with Crippen LogP contribution in [0.4, 0.5) is 0 Å². The maximum atomic E-state index is 11.7. The minimum Gasteiger partial charge on any atom is -0.393 e. The van der Waals surface area contributed by atoms with E-state index in [1.54, 1.807) is 6.92 Å². The van der Waals surface area contributed by atoms with Crippen LogP contribution in [0.15, 0.2) is 0 Å². The molecule has 0 heterocycles. The van der Waals surface area contributed by atoms with E-state index in [-0.39, 0.29) is 5.41 Å². The molecule has 4 nitrogen and oxygen atoms in total. The van der Waals surface area contributed by atoms with Crippen LogP contribution in [0.1, 0.15) is 54.4 Å². The van der Waals surface area contributed by atoms with E-state index in [9.17, 15) is 9.90 Å². The van der Waals surface area contributed by atoms with Crippen molar-refractivity contribution in [1.29, 1.82) is 0 Å². The smallest absolute Gasteiger partial charge is 0.345 e. The molecular weight excluding hydrogens is 220 g/mol. The SMILES string of the molecule is CC(O)CC(C)(C)C(CC(C)(C)C)C(=O)OO. The fourth-order valence-corrected chi connectivity index (χ4v) is 2.26. The van der Waals surface area contributed by atoms with Gasteiger partial charge < -0.3 is 9.99 Å². The first kappa shape index (κ1) is 16.4. The van der Waals surface area contributed by atoms with Crippen LogP contribution < -0.4 is 0 Å². The third kappa shape index (κ3) is 6.03. The Labute approximate surface area is 104 Å². The Morgan fingerprint density at radius 1 is 1.18 bits per heavy atom. The number of carbonyl (C=O) groups excluding carboxylic acids is 1. The third-order valence-corrected chi connectivity index (χ3v) is 2.96. The van der Waals surface area contributed by atoms with Crippen LogP contribution in [0.2, 0.25) is 0 Å². The van der Waals surface area contributed by atoms with Gasteiger partial charge in [-0.2, -0.15) is 5.26 Å². The molecule has 2 unspecified atom stereocenters. The van der Waals surface area contributed by atoms with Gasteiger partial charge in [-0.1, -0.05) is 34.6 Å². The van der Waals surface area contributed by atoms with Crippen molar-refractivity contribution in [3.63, 3.8) is 0 Å². The van der Waals surface area contributed by atoms with Gasteiger partial charge in [0.05, 0.1) is 12.0 Å². The number of hydrogen-bond acceptors (Lipinski definition) is 4. The van der Waals surface area contributed by atoms with Gasteiger partial charge in [0.25, 0.3) is 0 Å². The first-order valence-electron chi connectivity index (χ1n) is 6.03. The number of rotatable bonds is 5.